The van der Waals surface area contributed by atoms with Crippen LogP contribution in [0.25, 0.3) is 0 Å². The third-order valence-electron chi connectivity index (χ3n) is 1.89. The molecule has 0 aliphatic carbocycles. The first-order valence-electron chi connectivity index (χ1n) is 3.79. The number of Topliss-reactive ketones (excluding diaryl/α,β-unsaturated/α-hetero) is 1. The number of rotatable bonds is 3. The first-order valence-corrected chi connectivity index (χ1v) is 5.74. The molecular weight excluding hydrogens is 190 g/mol. The van der Waals surface area contributed by atoms with Crippen molar-refractivity contribution in [2.75, 3.05) is 6.26 Å². The molecule has 0 fully saturated rings. The van der Waals surface area contributed by atoms with Crippen LogP contribution in [0.1, 0.15) is 17.3 Å². The van der Waals surface area contributed by atoms with Gasteiger partial charge in [0.15, 0.2) is 15.6 Å². The van der Waals surface area contributed by atoms with Crippen LogP contribution in [0, 0.1) is 0 Å². The molecule has 1 rings (SSSR count). The van der Waals surface area contributed by atoms with E-state index in [4.69, 9.17) is 0 Å². The molecule has 0 radical (unpaired) electrons. The maximum absolute atomic E-state index is 11.5. The number of aromatic amines is 1. The number of hydrogen-bond donors (Lipinski definition) is 1. The third kappa shape index (κ3) is 2.18. The Hall–Kier alpha value is -1.10. The summed E-state index contributed by atoms with van der Waals surface area (Å²) in [4.78, 5) is 14.2. The van der Waals surface area contributed by atoms with Crippen LogP contribution in [-0.2, 0) is 9.84 Å². The Kier molecular flexibility index (Phi) is 2.56. The van der Waals surface area contributed by atoms with E-state index in [0.29, 0.717) is 5.56 Å². The van der Waals surface area contributed by atoms with Crippen molar-refractivity contribution in [3.8, 4) is 0 Å². The van der Waals surface area contributed by atoms with Crippen molar-refractivity contribution in [2.24, 2.45) is 0 Å². The topological polar surface area (TPSA) is 67.0 Å². The molecule has 72 valence electrons. The second kappa shape index (κ2) is 3.33. The summed E-state index contributed by atoms with van der Waals surface area (Å²) in [6, 6.07) is 1.56. The lowest BCUT2D eigenvalue weighted by Gasteiger charge is -2.05. The molecule has 0 amide bonds. The molecule has 1 atom stereocenters. The van der Waals surface area contributed by atoms with E-state index in [1.165, 1.54) is 13.1 Å². The van der Waals surface area contributed by atoms with Gasteiger partial charge in [0, 0.05) is 24.2 Å². The van der Waals surface area contributed by atoms with E-state index in [1.54, 1.807) is 12.3 Å². The van der Waals surface area contributed by atoms with Crippen molar-refractivity contribution in [3.63, 3.8) is 0 Å². The highest BCUT2D eigenvalue weighted by Crippen LogP contribution is 2.08. The first kappa shape index (κ1) is 9.98. The minimum Gasteiger partial charge on any atom is -0.367 e. The number of carbonyl (C=O) groups is 1. The average molecular weight is 201 g/mol. The fraction of sp³-hybridized carbons (Fsp3) is 0.375. The van der Waals surface area contributed by atoms with E-state index in [9.17, 15) is 13.2 Å². The number of H-pyrrole nitrogens is 1. The molecule has 0 saturated heterocycles. The second-order valence-electron chi connectivity index (χ2n) is 2.94. The number of aromatic nitrogens is 1. The van der Waals surface area contributed by atoms with E-state index >= 15 is 0 Å². The molecule has 5 heteroatoms. The number of sulfone groups is 1. The van der Waals surface area contributed by atoms with Gasteiger partial charge in [-0.05, 0) is 13.0 Å². The lowest BCUT2D eigenvalue weighted by molar-refractivity contribution is 0.0992. The molecule has 1 aromatic heterocycles. The van der Waals surface area contributed by atoms with Crippen molar-refractivity contribution in [3.05, 3.63) is 24.0 Å². The largest absolute Gasteiger partial charge is 0.367 e. The van der Waals surface area contributed by atoms with Crippen LogP contribution in [0.3, 0.4) is 0 Å². The Morgan fingerprint density at radius 2 is 2.15 bits per heavy atom. The SMILES string of the molecule is CC(C(=O)c1cc[nH]c1)S(C)(=O)=O. The summed E-state index contributed by atoms with van der Waals surface area (Å²) in [5.74, 6) is -0.372. The molecule has 1 aromatic rings. The van der Waals surface area contributed by atoms with E-state index in [-0.39, 0.29) is 5.78 Å². The second-order valence-corrected chi connectivity index (χ2v) is 5.30. The van der Waals surface area contributed by atoms with Gasteiger partial charge < -0.3 is 4.98 Å². The highest BCUT2D eigenvalue weighted by molar-refractivity contribution is 7.92. The molecule has 1 heterocycles. The zero-order chi connectivity index (χ0) is 10.1. The zero-order valence-electron chi connectivity index (χ0n) is 7.44. The van der Waals surface area contributed by atoms with Crippen LogP contribution in [0.2, 0.25) is 0 Å². The van der Waals surface area contributed by atoms with Crippen LogP contribution in [0.4, 0.5) is 0 Å². The quantitative estimate of drug-likeness (QED) is 0.729. The molecule has 0 saturated carbocycles. The number of ketones is 1. The van der Waals surface area contributed by atoms with Gasteiger partial charge in [-0.2, -0.15) is 0 Å². The number of carbonyl (C=O) groups excluding carboxylic acids is 1. The third-order valence-corrected chi connectivity index (χ3v) is 3.39. The Bertz CT molecular complexity index is 391. The molecule has 4 nitrogen and oxygen atoms in total. The van der Waals surface area contributed by atoms with E-state index in [2.05, 4.69) is 4.98 Å². The van der Waals surface area contributed by atoms with Crippen LogP contribution < -0.4 is 0 Å². The molecule has 0 bridgehead atoms. The van der Waals surface area contributed by atoms with Gasteiger partial charge in [0.1, 0.15) is 5.25 Å². The first-order chi connectivity index (χ1) is 5.93. The molecule has 1 N–H and O–H groups in total. The minimum atomic E-state index is -3.29. The highest BCUT2D eigenvalue weighted by atomic mass is 32.2. The van der Waals surface area contributed by atoms with E-state index < -0.39 is 15.1 Å². The lowest BCUT2D eigenvalue weighted by Crippen LogP contribution is -2.25. The number of nitrogens with one attached hydrogen (secondary N) is 1. The maximum atomic E-state index is 11.5. The Labute approximate surface area is 76.9 Å². The van der Waals surface area contributed by atoms with Crippen molar-refractivity contribution in [2.45, 2.75) is 12.2 Å². The summed E-state index contributed by atoms with van der Waals surface area (Å²) in [6.45, 7) is 1.39. The van der Waals surface area contributed by atoms with E-state index in [1.807, 2.05) is 0 Å². The predicted octanol–water partition coefficient (Wildman–Crippen LogP) is 0.631. The zero-order valence-corrected chi connectivity index (χ0v) is 8.26. The van der Waals surface area contributed by atoms with Crippen molar-refractivity contribution in [1.82, 2.24) is 4.98 Å². The summed E-state index contributed by atoms with van der Waals surface area (Å²) in [5.41, 5.74) is 0.401. The summed E-state index contributed by atoms with van der Waals surface area (Å²) >= 11 is 0. The standard InChI is InChI=1S/C8H11NO3S/c1-6(13(2,11)12)8(10)7-3-4-9-5-7/h3-6,9H,1-2H3. The maximum Gasteiger partial charge on any atom is 0.182 e. The molecule has 1 unspecified atom stereocenters. The molecule has 0 aromatic carbocycles. The van der Waals surface area contributed by atoms with Crippen LogP contribution >= 0.6 is 0 Å². The van der Waals surface area contributed by atoms with Gasteiger partial charge in [-0.15, -0.1) is 0 Å². The van der Waals surface area contributed by atoms with Crippen LogP contribution in [0.15, 0.2) is 18.5 Å². The van der Waals surface area contributed by atoms with Gasteiger partial charge >= 0.3 is 0 Å². The summed E-state index contributed by atoms with van der Waals surface area (Å²) in [7, 11) is -3.29. The van der Waals surface area contributed by atoms with Crippen molar-refractivity contribution >= 4 is 15.6 Å². The minimum absolute atomic E-state index is 0.372. The molecule has 0 aliphatic rings. The average Bonchev–Trinajstić information content (AvgIpc) is 2.51. The Balaban J connectivity index is 2.94. The van der Waals surface area contributed by atoms with Crippen LogP contribution in [-0.4, -0.2) is 30.7 Å². The number of hydrogen-bond acceptors (Lipinski definition) is 3. The smallest absolute Gasteiger partial charge is 0.182 e. The van der Waals surface area contributed by atoms with Gasteiger partial charge in [0.2, 0.25) is 0 Å². The molecule has 0 spiro atoms. The van der Waals surface area contributed by atoms with Crippen molar-refractivity contribution in [1.29, 1.82) is 0 Å². The van der Waals surface area contributed by atoms with E-state index in [0.717, 1.165) is 6.26 Å². The Morgan fingerprint density at radius 3 is 2.54 bits per heavy atom. The predicted molar refractivity (Wildman–Crippen MR) is 49.4 cm³/mol. The van der Waals surface area contributed by atoms with Gasteiger partial charge in [0.25, 0.3) is 0 Å². The monoisotopic (exact) mass is 201 g/mol. The molecular formula is C8H11NO3S. The summed E-state index contributed by atoms with van der Waals surface area (Å²) in [6.07, 6.45) is 4.13. The van der Waals surface area contributed by atoms with Gasteiger partial charge in [-0.3, -0.25) is 4.79 Å². The lowest BCUT2D eigenvalue weighted by atomic mass is 10.2. The fourth-order valence-corrected chi connectivity index (χ4v) is 1.43. The fourth-order valence-electron chi connectivity index (χ4n) is 0.906. The van der Waals surface area contributed by atoms with Gasteiger partial charge in [-0.25, -0.2) is 8.42 Å². The van der Waals surface area contributed by atoms with Gasteiger partial charge in [-0.1, -0.05) is 0 Å². The summed E-state index contributed by atoms with van der Waals surface area (Å²) < 4.78 is 22.1. The normalized spacial score (nSPS) is 14.0. The Morgan fingerprint density at radius 1 is 1.54 bits per heavy atom. The molecule has 0 aliphatic heterocycles. The summed E-state index contributed by atoms with van der Waals surface area (Å²) in [5, 5.41) is -0.969. The van der Waals surface area contributed by atoms with Crippen molar-refractivity contribution < 1.29 is 13.2 Å². The van der Waals surface area contributed by atoms with Crippen LogP contribution in [0.5, 0.6) is 0 Å². The molecule has 13 heavy (non-hydrogen) atoms. The van der Waals surface area contributed by atoms with Gasteiger partial charge in [0.05, 0.1) is 0 Å². The highest BCUT2D eigenvalue weighted by Gasteiger charge is 2.24.